The fraction of sp³-hybridized carbons (Fsp3) is 0.526. The molecule has 0 aliphatic carbocycles. The van der Waals surface area contributed by atoms with Gasteiger partial charge in [-0.15, -0.1) is 0 Å². The summed E-state index contributed by atoms with van der Waals surface area (Å²) in [6.45, 7) is 6.46. The van der Waals surface area contributed by atoms with Crippen LogP contribution in [0.4, 0.5) is 0 Å². The third kappa shape index (κ3) is 5.30. The van der Waals surface area contributed by atoms with Gasteiger partial charge in [0.15, 0.2) is 0 Å². The summed E-state index contributed by atoms with van der Waals surface area (Å²) >= 11 is 0. The number of rotatable bonds is 6. The Labute approximate surface area is 134 Å². The lowest BCUT2D eigenvalue weighted by Gasteiger charge is -2.31. The Kier molecular flexibility index (Phi) is 6.66. The fourth-order valence-corrected chi connectivity index (χ4v) is 2.84. The summed E-state index contributed by atoms with van der Waals surface area (Å²) in [5, 5.41) is 0. The van der Waals surface area contributed by atoms with Crippen molar-refractivity contribution < 1.29 is 9.53 Å². The molecule has 0 N–H and O–H groups in total. The molecule has 1 aromatic carbocycles. The smallest absolute Gasteiger partial charge is 0.246 e. The largest absolute Gasteiger partial charge is 0.378 e. The maximum absolute atomic E-state index is 12.3. The van der Waals surface area contributed by atoms with Crippen molar-refractivity contribution in [1.82, 2.24) is 4.90 Å². The highest BCUT2D eigenvalue weighted by Crippen LogP contribution is 2.15. The molecule has 0 atom stereocenters. The average molecular weight is 301 g/mol. The van der Waals surface area contributed by atoms with E-state index in [0.29, 0.717) is 6.10 Å². The molecule has 120 valence electrons. The molecule has 3 heteroatoms. The maximum Gasteiger partial charge on any atom is 0.246 e. The second kappa shape index (κ2) is 8.74. The van der Waals surface area contributed by atoms with Crippen LogP contribution < -0.4 is 0 Å². The highest BCUT2D eigenvalue weighted by molar-refractivity contribution is 5.88. The van der Waals surface area contributed by atoms with Crippen LogP contribution in [0.1, 0.15) is 38.7 Å². The number of hydrogen-bond donors (Lipinski definition) is 0. The number of benzene rings is 1. The first-order valence-corrected chi connectivity index (χ1v) is 8.30. The quantitative estimate of drug-likeness (QED) is 0.751. The molecule has 0 saturated carbocycles. The number of allylic oxidation sites excluding steroid dienone is 1. The van der Waals surface area contributed by atoms with Crippen LogP contribution in [-0.4, -0.2) is 36.6 Å². The molecule has 0 spiro atoms. The van der Waals surface area contributed by atoms with Crippen LogP contribution in [0, 0.1) is 0 Å². The van der Waals surface area contributed by atoms with Gasteiger partial charge in [-0.3, -0.25) is 4.79 Å². The SMILES string of the molecule is CCOC1CCN(C(=O)/C=C(\C)CCc2ccccc2)CC1. The standard InChI is InChI=1S/C19H27NO2/c1-3-22-18-11-13-20(14-12-18)19(21)15-16(2)9-10-17-7-5-4-6-8-17/h4-8,15,18H,3,9-14H2,1-2H3/b16-15+. The molecule has 1 heterocycles. The van der Waals surface area contributed by atoms with Crippen molar-refractivity contribution in [3.05, 3.63) is 47.5 Å². The van der Waals surface area contributed by atoms with E-state index >= 15 is 0 Å². The summed E-state index contributed by atoms with van der Waals surface area (Å²) in [4.78, 5) is 14.2. The summed E-state index contributed by atoms with van der Waals surface area (Å²) in [5.41, 5.74) is 2.47. The Hall–Kier alpha value is -1.61. The Balaban J connectivity index is 1.78. The van der Waals surface area contributed by atoms with Gasteiger partial charge in [-0.05, 0) is 45.1 Å². The number of aryl methyl sites for hydroxylation is 1. The van der Waals surface area contributed by atoms with Crippen molar-refractivity contribution in [2.45, 2.75) is 45.6 Å². The third-order valence-corrected chi connectivity index (χ3v) is 4.18. The van der Waals surface area contributed by atoms with Crippen LogP contribution in [0.15, 0.2) is 42.0 Å². The second-order valence-corrected chi connectivity index (χ2v) is 5.96. The Bertz CT molecular complexity index is 487. The molecule has 0 radical (unpaired) electrons. The van der Waals surface area contributed by atoms with Crippen molar-refractivity contribution in [2.24, 2.45) is 0 Å². The number of amides is 1. The van der Waals surface area contributed by atoms with E-state index in [1.807, 2.05) is 30.9 Å². The van der Waals surface area contributed by atoms with Gasteiger partial charge in [0.05, 0.1) is 6.10 Å². The molecule has 22 heavy (non-hydrogen) atoms. The van der Waals surface area contributed by atoms with E-state index in [1.165, 1.54) is 5.56 Å². The normalized spacial score (nSPS) is 16.8. The topological polar surface area (TPSA) is 29.5 Å². The van der Waals surface area contributed by atoms with Gasteiger partial charge in [-0.1, -0.05) is 35.9 Å². The molecule has 2 rings (SSSR count). The van der Waals surface area contributed by atoms with Crippen LogP contribution >= 0.6 is 0 Å². The summed E-state index contributed by atoms with van der Waals surface area (Å²) in [6.07, 6.45) is 5.97. The van der Waals surface area contributed by atoms with E-state index in [0.717, 1.165) is 51.0 Å². The van der Waals surface area contributed by atoms with Crippen molar-refractivity contribution in [1.29, 1.82) is 0 Å². The number of carbonyl (C=O) groups excluding carboxylic acids is 1. The highest BCUT2D eigenvalue weighted by atomic mass is 16.5. The zero-order chi connectivity index (χ0) is 15.8. The van der Waals surface area contributed by atoms with Crippen molar-refractivity contribution in [3.63, 3.8) is 0 Å². The molecule has 1 saturated heterocycles. The van der Waals surface area contributed by atoms with Crippen LogP contribution in [0.25, 0.3) is 0 Å². The number of nitrogens with zero attached hydrogens (tertiary/aromatic N) is 1. The lowest BCUT2D eigenvalue weighted by Crippen LogP contribution is -2.40. The molecule has 1 aromatic rings. The molecule has 0 aromatic heterocycles. The van der Waals surface area contributed by atoms with Crippen LogP contribution in [0.2, 0.25) is 0 Å². The second-order valence-electron chi connectivity index (χ2n) is 5.96. The minimum absolute atomic E-state index is 0.153. The fourth-order valence-electron chi connectivity index (χ4n) is 2.84. The van der Waals surface area contributed by atoms with Gasteiger partial charge in [-0.25, -0.2) is 0 Å². The zero-order valence-electron chi connectivity index (χ0n) is 13.8. The molecule has 0 unspecified atom stereocenters. The van der Waals surface area contributed by atoms with Gasteiger partial charge in [0.25, 0.3) is 0 Å². The molecule has 1 aliphatic rings. The van der Waals surface area contributed by atoms with Crippen molar-refractivity contribution in [3.8, 4) is 0 Å². The molecular weight excluding hydrogens is 274 g/mol. The number of likely N-dealkylation sites (tertiary alicyclic amines) is 1. The zero-order valence-corrected chi connectivity index (χ0v) is 13.8. The van der Waals surface area contributed by atoms with Gasteiger partial charge >= 0.3 is 0 Å². The molecule has 1 aliphatic heterocycles. The lowest BCUT2D eigenvalue weighted by atomic mass is 10.0. The highest BCUT2D eigenvalue weighted by Gasteiger charge is 2.21. The average Bonchev–Trinajstić information content (AvgIpc) is 2.55. The molecule has 1 fully saturated rings. The molecule has 1 amide bonds. The molecular formula is C19H27NO2. The summed E-state index contributed by atoms with van der Waals surface area (Å²) in [7, 11) is 0. The van der Waals surface area contributed by atoms with Crippen molar-refractivity contribution in [2.75, 3.05) is 19.7 Å². The molecule has 0 bridgehead atoms. The molecule has 3 nitrogen and oxygen atoms in total. The van der Waals surface area contributed by atoms with E-state index in [9.17, 15) is 4.79 Å². The number of hydrogen-bond acceptors (Lipinski definition) is 2. The number of ether oxygens (including phenoxy) is 1. The third-order valence-electron chi connectivity index (χ3n) is 4.18. The van der Waals surface area contributed by atoms with E-state index in [2.05, 4.69) is 24.3 Å². The Morgan fingerprint density at radius 1 is 1.27 bits per heavy atom. The van der Waals surface area contributed by atoms with Crippen molar-refractivity contribution >= 4 is 5.91 Å². The minimum atomic E-state index is 0.153. The summed E-state index contributed by atoms with van der Waals surface area (Å²) in [5.74, 6) is 0.153. The first-order valence-electron chi connectivity index (χ1n) is 8.30. The first kappa shape index (κ1) is 16.8. The van der Waals surface area contributed by atoms with Gasteiger partial charge < -0.3 is 9.64 Å². The lowest BCUT2D eigenvalue weighted by molar-refractivity contribution is -0.128. The van der Waals surface area contributed by atoms with Gasteiger partial charge in [0.1, 0.15) is 0 Å². The summed E-state index contributed by atoms with van der Waals surface area (Å²) < 4.78 is 5.63. The van der Waals surface area contributed by atoms with E-state index in [1.54, 1.807) is 0 Å². The number of carbonyl (C=O) groups is 1. The number of piperidine rings is 1. The summed E-state index contributed by atoms with van der Waals surface area (Å²) in [6, 6.07) is 10.4. The maximum atomic E-state index is 12.3. The minimum Gasteiger partial charge on any atom is -0.378 e. The van der Waals surface area contributed by atoms with Crippen LogP contribution in [0.3, 0.4) is 0 Å². The predicted octanol–water partition coefficient (Wildman–Crippen LogP) is 3.59. The van der Waals surface area contributed by atoms with Gasteiger partial charge in [-0.2, -0.15) is 0 Å². The Morgan fingerprint density at radius 2 is 1.95 bits per heavy atom. The van der Waals surface area contributed by atoms with E-state index in [-0.39, 0.29) is 5.91 Å². The van der Waals surface area contributed by atoms with Crippen LogP contribution in [-0.2, 0) is 16.0 Å². The van der Waals surface area contributed by atoms with E-state index in [4.69, 9.17) is 4.74 Å². The van der Waals surface area contributed by atoms with Crippen LogP contribution in [0.5, 0.6) is 0 Å². The predicted molar refractivity (Wildman–Crippen MR) is 89.7 cm³/mol. The van der Waals surface area contributed by atoms with Gasteiger partial charge in [0.2, 0.25) is 5.91 Å². The Morgan fingerprint density at radius 3 is 2.59 bits per heavy atom. The van der Waals surface area contributed by atoms with Gasteiger partial charge in [0, 0.05) is 25.8 Å². The monoisotopic (exact) mass is 301 g/mol. The first-order chi connectivity index (χ1) is 10.7. The van der Waals surface area contributed by atoms with E-state index < -0.39 is 0 Å².